The minimum Gasteiger partial charge on any atom is -0.416 e. The standard InChI is InChI=1S/C27H35N5O2/c1-16(2)23(17(3)34-29)20-9-11-22-24-25(31-32(15-19-6-7-19)27(22,24)14-20)26(33)30-21-10-8-18(13-21)5-4-12-28/h9,11,14,16,18-19,22,24H,4-8,10,13,15,29H2,1-3H3/b23-17+,30-21?. The van der Waals surface area contributed by atoms with E-state index in [0.717, 1.165) is 54.8 Å². The number of hydrazone groups is 1. The highest BCUT2D eigenvalue weighted by Crippen LogP contribution is 2.64. The van der Waals surface area contributed by atoms with Crippen molar-refractivity contribution in [3.8, 4) is 6.07 Å². The van der Waals surface area contributed by atoms with Gasteiger partial charge in [0.1, 0.15) is 11.5 Å². The molecule has 180 valence electrons. The van der Waals surface area contributed by atoms with Crippen molar-refractivity contribution in [3.63, 3.8) is 0 Å². The molecule has 5 aliphatic rings. The molecule has 1 amide bonds. The van der Waals surface area contributed by atoms with E-state index >= 15 is 0 Å². The fourth-order valence-electron chi connectivity index (χ4n) is 6.27. The van der Waals surface area contributed by atoms with E-state index in [2.05, 4.69) is 48.1 Å². The molecule has 7 nitrogen and oxygen atoms in total. The summed E-state index contributed by atoms with van der Waals surface area (Å²) in [4.78, 5) is 23.0. The van der Waals surface area contributed by atoms with Crippen molar-refractivity contribution in [1.29, 1.82) is 5.26 Å². The van der Waals surface area contributed by atoms with Gasteiger partial charge in [0.2, 0.25) is 0 Å². The predicted molar refractivity (Wildman–Crippen MR) is 131 cm³/mol. The Kier molecular flexibility index (Phi) is 5.97. The van der Waals surface area contributed by atoms with Gasteiger partial charge < -0.3 is 4.84 Å². The molecule has 4 aliphatic carbocycles. The molecule has 0 bridgehead atoms. The molecule has 4 atom stereocenters. The van der Waals surface area contributed by atoms with E-state index in [9.17, 15) is 4.79 Å². The Morgan fingerprint density at radius 3 is 2.85 bits per heavy atom. The zero-order chi connectivity index (χ0) is 24.0. The second-order valence-electron chi connectivity index (χ2n) is 10.9. The fourth-order valence-corrected chi connectivity index (χ4v) is 6.27. The first-order valence-corrected chi connectivity index (χ1v) is 12.7. The van der Waals surface area contributed by atoms with Gasteiger partial charge in [-0.2, -0.15) is 16.3 Å². The van der Waals surface area contributed by atoms with Gasteiger partial charge in [-0.3, -0.25) is 9.80 Å². The van der Waals surface area contributed by atoms with Crippen molar-refractivity contribution in [3.05, 3.63) is 35.1 Å². The normalized spacial score (nSPS) is 33.2. The van der Waals surface area contributed by atoms with E-state index in [4.69, 9.17) is 21.1 Å². The Labute approximate surface area is 202 Å². The van der Waals surface area contributed by atoms with Crippen LogP contribution in [0.25, 0.3) is 0 Å². The van der Waals surface area contributed by atoms with Crippen molar-refractivity contribution >= 4 is 17.3 Å². The van der Waals surface area contributed by atoms with Gasteiger partial charge in [0, 0.05) is 36.1 Å². The molecule has 0 saturated heterocycles. The summed E-state index contributed by atoms with van der Waals surface area (Å²) >= 11 is 0. The molecule has 2 N–H and O–H groups in total. The molecule has 0 aromatic heterocycles. The van der Waals surface area contributed by atoms with Crippen LogP contribution < -0.4 is 5.90 Å². The molecule has 0 aromatic rings. The van der Waals surface area contributed by atoms with Crippen molar-refractivity contribution in [1.82, 2.24) is 5.01 Å². The monoisotopic (exact) mass is 461 g/mol. The minimum absolute atomic E-state index is 0.0557. The number of aliphatic imine (C=N–C) groups is 1. The molecule has 4 unspecified atom stereocenters. The second-order valence-corrected chi connectivity index (χ2v) is 10.9. The maximum atomic E-state index is 13.3. The summed E-state index contributed by atoms with van der Waals surface area (Å²) < 4.78 is 0. The maximum absolute atomic E-state index is 13.3. The molecule has 3 fully saturated rings. The molecule has 7 heteroatoms. The number of rotatable bonds is 8. The summed E-state index contributed by atoms with van der Waals surface area (Å²) in [6.45, 7) is 7.08. The molecular weight excluding hydrogens is 426 g/mol. The van der Waals surface area contributed by atoms with Gasteiger partial charge in [-0.25, -0.2) is 4.99 Å². The third-order valence-electron chi connectivity index (χ3n) is 8.20. The highest BCUT2D eigenvalue weighted by atomic mass is 16.6. The highest BCUT2D eigenvalue weighted by molar-refractivity contribution is 6.43. The molecule has 0 radical (unpaired) electrons. The van der Waals surface area contributed by atoms with Crippen LogP contribution in [-0.4, -0.2) is 34.4 Å². The zero-order valence-corrected chi connectivity index (χ0v) is 20.5. The van der Waals surface area contributed by atoms with Crippen LogP contribution in [0.3, 0.4) is 0 Å². The van der Waals surface area contributed by atoms with E-state index in [1.807, 2.05) is 6.92 Å². The van der Waals surface area contributed by atoms with E-state index in [0.29, 0.717) is 24.0 Å². The highest BCUT2D eigenvalue weighted by Gasteiger charge is 2.73. The Morgan fingerprint density at radius 2 is 2.18 bits per heavy atom. The van der Waals surface area contributed by atoms with Gasteiger partial charge in [0.15, 0.2) is 0 Å². The smallest absolute Gasteiger partial charge is 0.293 e. The molecule has 1 spiro atoms. The van der Waals surface area contributed by atoms with Crippen LogP contribution >= 0.6 is 0 Å². The third-order valence-corrected chi connectivity index (χ3v) is 8.20. The summed E-state index contributed by atoms with van der Waals surface area (Å²) in [7, 11) is 0. The third kappa shape index (κ3) is 3.92. The predicted octanol–water partition coefficient (Wildman–Crippen LogP) is 4.44. The van der Waals surface area contributed by atoms with Gasteiger partial charge in [-0.05, 0) is 74.9 Å². The Hall–Kier alpha value is -2.72. The second kappa shape index (κ2) is 8.81. The number of amides is 1. The van der Waals surface area contributed by atoms with Crippen LogP contribution in [0.1, 0.15) is 65.7 Å². The molecule has 5 rings (SSSR count). The topological polar surface area (TPSA) is 104 Å². The quantitative estimate of drug-likeness (QED) is 0.425. The van der Waals surface area contributed by atoms with Gasteiger partial charge in [0.05, 0.1) is 11.6 Å². The average molecular weight is 462 g/mol. The van der Waals surface area contributed by atoms with Crippen LogP contribution in [0.15, 0.2) is 45.2 Å². The van der Waals surface area contributed by atoms with Gasteiger partial charge in [0.25, 0.3) is 5.91 Å². The number of hydrogen-bond donors (Lipinski definition) is 1. The van der Waals surface area contributed by atoms with E-state index in [-0.39, 0.29) is 29.2 Å². The van der Waals surface area contributed by atoms with Crippen LogP contribution in [0.4, 0.5) is 0 Å². The molecule has 0 aromatic carbocycles. The lowest BCUT2D eigenvalue weighted by molar-refractivity contribution is -0.112. The number of nitrogens with zero attached hydrogens (tertiary/aromatic N) is 4. The van der Waals surface area contributed by atoms with Crippen molar-refractivity contribution in [2.75, 3.05) is 6.54 Å². The first kappa shape index (κ1) is 23.0. The summed E-state index contributed by atoms with van der Waals surface area (Å²) in [6.07, 6.45) is 13.3. The lowest BCUT2D eigenvalue weighted by atomic mass is 9.89. The SMILES string of the molecule is C/C(ON)=C(\C1=CC23C(C=C1)C2C(C(=O)N=C1CCC(CCC#N)C1)=NN3CC1CC1)C(C)C. The van der Waals surface area contributed by atoms with E-state index in [1.54, 1.807) is 0 Å². The van der Waals surface area contributed by atoms with Crippen LogP contribution in [0.5, 0.6) is 0 Å². The lowest BCUT2D eigenvalue weighted by Gasteiger charge is -2.29. The van der Waals surface area contributed by atoms with Gasteiger partial charge in [-0.1, -0.05) is 26.0 Å². The molecule has 3 saturated carbocycles. The van der Waals surface area contributed by atoms with Crippen LogP contribution in [0, 0.1) is 40.9 Å². The largest absolute Gasteiger partial charge is 0.416 e. The van der Waals surface area contributed by atoms with Crippen LogP contribution in [0.2, 0.25) is 0 Å². The van der Waals surface area contributed by atoms with Crippen molar-refractivity contribution in [2.24, 2.45) is 45.6 Å². The average Bonchev–Trinajstić information content (AvgIpc) is 3.67. The van der Waals surface area contributed by atoms with Crippen molar-refractivity contribution in [2.45, 2.75) is 71.3 Å². The Bertz CT molecular complexity index is 1070. The summed E-state index contributed by atoms with van der Waals surface area (Å²) in [5.41, 5.74) is 3.53. The number of hydrogen-bond acceptors (Lipinski definition) is 6. The molecule has 1 heterocycles. The lowest BCUT2D eigenvalue weighted by Crippen LogP contribution is -2.35. The molecular formula is C27H35N5O2. The molecule has 34 heavy (non-hydrogen) atoms. The number of nitriles is 1. The summed E-state index contributed by atoms with van der Waals surface area (Å²) in [5, 5.41) is 15.9. The number of carbonyl (C=O) groups excluding carboxylic acids is 1. The molecule has 1 aliphatic heterocycles. The number of fused-ring (bicyclic) bond motifs is 1. The Balaban J connectivity index is 1.41. The summed E-state index contributed by atoms with van der Waals surface area (Å²) in [5.74, 6) is 7.78. The zero-order valence-electron chi connectivity index (χ0n) is 20.5. The minimum atomic E-state index is -0.266. The van der Waals surface area contributed by atoms with Crippen molar-refractivity contribution < 1.29 is 9.63 Å². The van der Waals surface area contributed by atoms with Crippen LogP contribution in [-0.2, 0) is 9.63 Å². The maximum Gasteiger partial charge on any atom is 0.293 e. The number of allylic oxidation sites excluding steroid dienone is 4. The van der Waals surface area contributed by atoms with Gasteiger partial charge >= 0.3 is 0 Å². The first-order valence-electron chi connectivity index (χ1n) is 12.7. The Morgan fingerprint density at radius 1 is 1.38 bits per heavy atom. The fraction of sp³-hybridized carbons (Fsp3) is 0.630. The number of nitrogens with two attached hydrogens (primary N) is 1. The summed E-state index contributed by atoms with van der Waals surface area (Å²) in [6, 6.07) is 2.23. The van der Waals surface area contributed by atoms with E-state index < -0.39 is 0 Å². The number of carbonyl (C=O) groups is 1. The van der Waals surface area contributed by atoms with Gasteiger partial charge in [-0.15, -0.1) is 0 Å². The van der Waals surface area contributed by atoms with E-state index in [1.165, 1.54) is 12.8 Å². The first-order chi connectivity index (χ1) is 16.4.